The number of nitrogens with one attached hydrogen (secondary N) is 1. The van der Waals surface area contributed by atoms with E-state index in [1.54, 1.807) is 25.3 Å². The highest BCUT2D eigenvalue weighted by Crippen LogP contribution is 2.20. The molecule has 0 radical (unpaired) electrons. The number of piperidine rings is 1. The SMILES string of the molecule is Cc1ccc(C(=O)NC2CCN(Cc3ccccn3)CC2)cc1[N+](=O)[O-]. The van der Waals surface area contributed by atoms with E-state index in [1.807, 2.05) is 18.2 Å². The zero-order valence-electron chi connectivity index (χ0n) is 14.7. The number of pyridine rings is 1. The van der Waals surface area contributed by atoms with Crippen molar-refractivity contribution >= 4 is 11.6 Å². The summed E-state index contributed by atoms with van der Waals surface area (Å²) in [4.78, 5) is 29.7. The van der Waals surface area contributed by atoms with Gasteiger partial charge in [0.05, 0.1) is 10.6 Å². The Kier molecular flexibility index (Phi) is 5.58. The third-order valence-corrected chi connectivity index (χ3v) is 4.70. The van der Waals surface area contributed by atoms with E-state index in [4.69, 9.17) is 0 Å². The number of likely N-dealkylation sites (tertiary alicyclic amines) is 1. The van der Waals surface area contributed by atoms with Crippen LogP contribution in [0.25, 0.3) is 0 Å². The Hall–Kier alpha value is -2.80. The summed E-state index contributed by atoms with van der Waals surface area (Å²) in [5.41, 5.74) is 1.90. The molecule has 2 heterocycles. The predicted molar refractivity (Wildman–Crippen MR) is 97.8 cm³/mol. The largest absolute Gasteiger partial charge is 0.349 e. The molecule has 1 aliphatic rings. The summed E-state index contributed by atoms with van der Waals surface area (Å²) in [6, 6.07) is 10.6. The average Bonchev–Trinajstić information content (AvgIpc) is 2.64. The molecular weight excluding hydrogens is 332 g/mol. The van der Waals surface area contributed by atoms with Gasteiger partial charge in [-0.05, 0) is 38.0 Å². The molecule has 7 nitrogen and oxygen atoms in total. The van der Waals surface area contributed by atoms with Gasteiger partial charge in [0.2, 0.25) is 0 Å². The summed E-state index contributed by atoms with van der Waals surface area (Å²) in [6.45, 7) is 4.24. The van der Waals surface area contributed by atoms with Gasteiger partial charge in [-0.25, -0.2) is 0 Å². The number of carbonyl (C=O) groups is 1. The molecule has 1 fully saturated rings. The van der Waals surface area contributed by atoms with Crippen molar-refractivity contribution in [3.8, 4) is 0 Å². The number of carbonyl (C=O) groups excluding carboxylic acids is 1. The molecule has 0 unspecified atom stereocenters. The summed E-state index contributed by atoms with van der Waals surface area (Å²) in [6.07, 6.45) is 3.50. The molecule has 1 N–H and O–H groups in total. The summed E-state index contributed by atoms with van der Waals surface area (Å²) >= 11 is 0. The van der Waals surface area contributed by atoms with Crippen molar-refractivity contribution in [3.63, 3.8) is 0 Å². The van der Waals surface area contributed by atoms with E-state index >= 15 is 0 Å². The van der Waals surface area contributed by atoms with Gasteiger partial charge in [0.1, 0.15) is 0 Å². The Morgan fingerprint density at radius 3 is 2.73 bits per heavy atom. The van der Waals surface area contributed by atoms with E-state index in [0.717, 1.165) is 38.2 Å². The standard InChI is InChI=1S/C19H22N4O3/c1-14-5-6-15(12-18(14)23(25)26)19(24)21-16-7-10-22(11-8-16)13-17-4-2-3-9-20-17/h2-6,9,12,16H,7-8,10-11,13H2,1H3,(H,21,24). The summed E-state index contributed by atoms with van der Waals surface area (Å²) in [5, 5.41) is 14.0. The maximum atomic E-state index is 12.4. The average molecular weight is 354 g/mol. The number of benzene rings is 1. The number of hydrogen-bond acceptors (Lipinski definition) is 5. The quantitative estimate of drug-likeness (QED) is 0.659. The van der Waals surface area contributed by atoms with E-state index < -0.39 is 4.92 Å². The lowest BCUT2D eigenvalue weighted by atomic mass is 10.0. The fourth-order valence-corrected chi connectivity index (χ4v) is 3.17. The number of hydrogen-bond donors (Lipinski definition) is 1. The molecule has 1 aromatic carbocycles. The fraction of sp³-hybridized carbons (Fsp3) is 0.368. The van der Waals surface area contributed by atoms with Crippen molar-refractivity contribution in [1.82, 2.24) is 15.2 Å². The zero-order valence-corrected chi connectivity index (χ0v) is 14.7. The van der Waals surface area contributed by atoms with Crippen LogP contribution >= 0.6 is 0 Å². The van der Waals surface area contributed by atoms with Crippen LogP contribution in [-0.4, -0.2) is 39.8 Å². The Bertz CT molecular complexity index is 787. The lowest BCUT2D eigenvalue weighted by molar-refractivity contribution is -0.385. The molecule has 0 atom stereocenters. The number of nitro benzene ring substituents is 1. The van der Waals surface area contributed by atoms with Gasteiger partial charge in [0, 0.05) is 49.1 Å². The second-order valence-electron chi connectivity index (χ2n) is 6.60. The molecule has 1 saturated heterocycles. The first-order chi connectivity index (χ1) is 12.5. The molecule has 3 rings (SSSR count). The van der Waals surface area contributed by atoms with Crippen LogP contribution in [-0.2, 0) is 6.54 Å². The van der Waals surface area contributed by atoms with Crippen LogP contribution in [0.15, 0.2) is 42.6 Å². The predicted octanol–water partition coefficient (Wildman–Crippen LogP) is 2.69. The second kappa shape index (κ2) is 8.05. The lowest BCUT2D eigenvalue weighted by Crippen LogP contribution is -2.44. The third-order valence-electron chi connectivity index (χ3n) is 4.70. The second-order valence-corrected chi connectivity index (χ2v) is 6.60. The van der Waals surface area contributed by atoms with E-state index in [0.29, 0.717) is 11.1 Å². The van der Waals surface area contributed by atoms with Gasteiger partial charge in [-0.1, -0.05) is 12.1 Å². The zero-order chi connectivity index (χ0) is 18.5. The molecule has 1 aliphatic heterocycles. The first kappa shape index (κ1) is 18.0. The number of aromatic nitrogens is 1. The summed E-state index contributed by atoms with van der Waals surface area (Å²) in [7, 11) is 0. The maximum Gasteiger partial charge on any atom is 0.273 e. The molecule has 0 bridgehead atoms. The molecule has 1 amide bonds. The molecule has 0 aliphatic carbocycles. The summed E-state index contributed by atoms with van der Waals surface area (Å²) < 4.78 is 0. The number of nitrogens with zero attached hydrogens (tertiary/aromatic N) is 3. The smallest absolute Gasteiger partial charge is 0.273 e. The highest BCUT2D eigenvalue weighted by atomic mass is 16.6. The minimum atomic E-state index is -0.456. The molecular formula is C19H22N4O3. The normalized spacial score (nSPS) is 15.6. The number of rotatable bonds is 5. The van der Waals surface area contributed by atoms with Crippen LogP contribution < -0.4 is 5.32 Å². The van der Waals surface area contributed by atoms with Gasteiger partial charge in [-0.3, -0.25) is 24.8 Å². The van der Waals surface area contributed by atoms with Crippen molar-refractivity contribution in [2.45, 2.75) is 32.4 Å². The van der Waals surface area contributed by atoms with Crippen molar-refractivity contribution in [3.05, 3.63) is 69.5 Å². The number of aryl methyl sites for hydroxylation is 1. The fourth-order valence-electron chi connectivity index (χ4n) is 3.17. The highest BCUT2D eigenvalue weighted by Gasteiger charge is 2.22. The van der Waals surface area contributed by atoms with E-state index in [-0.39, 0.29) is 17.6 Å². The molecule has 0 spiro atoms. The van der Waals surface area contributed by atoms with Crippen LogP contribution in [0.3, 0.4) is 0 Å². The lowest BCUT2D eigenvalue weighted by Gasteiger charge is -2.32. The van der Waals surface area contributed by atoms with Gasteiger partial charge in [0.25, 0.3) is 11.6 Å². The van der Waals surface area contributed by atoms with Gasteiger partial charge in [-0.15, -0.1) is 0 Å². The minimum absolute atomic E-state index is 0.0252. The van der Waals surface area contributed by atoms with E-state index in [9.17, 15) is 14.9 Å². The Morgan fingerprint density at radius 2 is 2.08 bits per heavy atom. The Morgan fingerprint density at radius 1 is 1.31 bits per heavy atom. The van der Waals surface area contributed by atoms with Crippen molar-refractivity contribution in [2.75, 3.05) is 13.1 Å². The van der Waals surface area contributed by atoms with Crippen LogP contribution in [0.4, 0.5) is 5.69 Å². The first-order valence-corrected chi connectivity index (χ1v) is 8.71. The van der Waals surface area contributed by atoms with Gasteiger partial charge >= 0.3 is 0 Å². The van der Waals surface area contributed by atoms with Crippen LogP contribution in [0.5, 0.6) is 0 Å². The van der Waals surface area contributed by atoms with Crippen molar-refractivity contribution in [1.29, 1.82) is 0 Å². The molecule has 26 heavy (non-hydrogen) atoms. The topological polar surface area (TPSA) is 88.4 Å². The van der Waals surface area contributed by atoms with Gasteiger partial charge < -0.3 is 5.32 Å². The minimum Gasteiger partial charge on any atom is -0.349 e. The number of amides is 1. The maximum absolute atomic E-state index is 12.4. The van der Waals surface area contributed by atoms with Crippen molar-refractivity contribution in [2.24, 2.45) is 0 Å². The monoisotopic (exact) mass is 354 g/mol. The molecule has 0 saturated carbocycles. The van der Waals surface area contributed by atoms with Crippen LogP contribution in [0.1, 0.15) is 34.5 Å². The third kappa shape index (κ3) is 4.43. The molecule has 1 aromatic heterocycles. The van der Waals surface area contributed by atoms with E-state index in [1.165, 1.54) is 6.07 Å². The molecule has 2 aromatic rings. The van der Waals surface area contributed by atoms with Gasteiger partial charge in [0.15, 0.2) is 0 Å². The Balaban J connectivity index is 1.53. The Labute approximate surface area is 152 Å². The molecule has 7 heteroatoms. The van der Waals surface area contributed by atoms with Gasteiger partial charge in [-0.2, -0.15) is 0 Å². The van der Waals surface area contributed by atoms with Crippen LogP contribution in [0, 0.1) is 17.0 Å². The van der Waals surface area contributed by atoms with Crippen LogP contribution in [0.2, 0.25) is 0 Å². The first-order valence-electron chi connectivity index (χ1n) is 8.71. The van der Waals surface area contributed by atoms with Crippen molar-refractivity contribution < 1.29 is 9.72 Å². The molecule has 136 valence electrons. The highest BCUT2D eigenvalue weighted by molar-refractivity contribution is 5.95. The number of nitro groups is 1. The summed E-state index contributed by atoms with van der Waals surface area (Å²) in [5.74, 6) is -0.253. The van der Waals surface area contributed by atoms with E-state index in [2.05, 4.69) is 15.2 Å².